The first-order chi connectivity index (χ1) is 4.18. The van der Waals surface area contributed by atoms with Crippen LogP contribution in [0.2, 0.25) is 0 Å². The van der Waals surface area contributed by atoms with E-state index < -0.39 is 0 Å². The van der Waals surface area contributed by atoms with Crippen molar-refractivity contribution in [1.29, 1.82) is 0 Å². The minimum Gasteiger partial charge on any atom is -0.319 e. The third-order valence-electron chi connectivity index (χ3n) is 0.612. The van der Waals surface area contributed by atoms with E-state index in [9.17, 15) is 0 Å². The molecule has 0 radical (unpaired) electrons. The molecule has 58 valence electrons. The summed E-state index contributed by atoms with van der Waals surface area (Å²) in [6.07, 6.45) is 1.25. The van der Waals surface area contributed by atoms with Crippen molar-refractivity contribution in [3.8, 4) is 0 Å². The summed E-state index contributed by atoms with van der Waals surface area (Å²) in [5, 5.41) is 3.07. The van der Waals surface area contributed by atoms with Crippen molar-refractivity contribution in [2.24, 2.45) is 5.92 Å². The quantitative estimate of drug-likeness (QED) is 0.606. The Kier molecular flexibility index (Phi) is 14.1. The molecule has 9 heavy (non-hydrogen) atoms. The minimum atomic E-state index is 0.787. The van der Waals surface area contributed by atoms with Crippen LogP contribution >= 0.6 is 0 Å². The number of rotatable bonds is 2. The highest BCUT2D eigenvalue weighted by Crippen LogP contribution is 1.83. The van der Waals surface area contributed by atoms with Crippen LogP contribution in [-0.2, 0) is 0 Å². The van der Waals surface area contributed by atoms with Gasteiger partial charge in [-0.1, -0.05) is 34.1 Å². The average Bonchev–Trinajstić information content (AvgIpc) is 1.67. The lowest BCUT2D eigenvalue weighted by Crippen LogP contribution is -2.12. The van der Waals surface area contributed by atoms with E-state index in [4.69, 9.17) is 0 Å². The SMILES string of the molecule is CCC.CNCC(C)C. The first kappa shape index (κ1) is 11.7. The van der Waals surface area contributed by atoms with Crippen LogP contribution in [0.3, 0.4) is 0 Å². The molecule has 1 N–H and O–H groups in total. The molecular weight excluding hydrogens is 110 g/mol. The van der Waals surface area contributed by atoms with E-state index in [0.717, 1.165) is 12.5 Å². The first-order valence-electron chi connectivity index (χ1n) is 3.83. The first-order valence-corrected chi connectivity index (χ1v) is 3.83. The molecule has 0 unspecified atom stereocenters. The Labute approximate surface area is 59.8 Å². The molecule has 0 heterocycles. The Bertz CT molecular complexity index is 33.5. The van der Waals surface area contributed by atoms with Gasteiger partial charge < -0.3 is 5.32 Å². The van der Waals surface area contributed by atoms with Gasteiger partial charge in [0.05, 0.1) is 0 Å². The van der Waals surface area contributed by atoms with E-state index in [-0.39, 0.29) is 0 Å². The summed E-state index contributed by atoms with van der Waals surface area (Å²) < 4.78 is 0. The van der Waals surface area contributed by atoms with E-state index in [1.54, 1.807) is 0 Å². The van der Waals surface area contributed by atoms with Crippen LogP contribution in [0.15, 0.2) is 0 Å². The van der Waals surface area contributed by atoms with Gasteiger partial charge in [0.25, 0.3) is 0 Å². The van der Waals surface area contributed by atoms with Crippen molar-refractivity contribution in [2.45, 2.75) is 34.1 Å². The lowest BCUT2D eigenvalue weighted by atomic mass is 10.2. The van der Waals surface area contributed by atoms with Crippen LogP contribution in [0.25, 0.3) is 0 Å². The Morgan fingerprint density at radius 2 is 1.56 bits per heavy atom. The summed E-state index contributed by atoms with van der Waals surface area (Å²) in [6.45, 7) is 9.76. The monoisotopic (exact) mass is 131 g/mol. The lowest BCUT2D eigenvalue weighted by Gasteiger charge is -1.98. The van der Waals surface area contributed by atoms with Crippen molar-refractivity contribution in [3.05, 3.63) is 0 Å². The predicted molar refractivity (Wildman–Crippen MR) is 44.7 cm³/mol. The molecule has 0 aromatic heterocycles. The normalized spacial score (nSPS) is 8.67. The molecule has 0 aliphatic rings. The fraction of sp³-hybridized carbons (Fsp3) is 1.00. The fourth-order valence-corrected chi connectivity index (χ4v) is 0.408. The van der Waals surface area contributed by atoms with E-state index in [0.29, 0.717) is 0 Å². The zero-order valence-electron chi connectivity index (χ0n) is 7.49. The molecule has 0 aliphatic heterocycles. The van der Waals surface area contributed by atoms with Crippen molar-refractivity contribution >= 4 is 0 Å². The van der Waals surface area contributed by atoms with E-state index in [1.165, 1.54) is 6.42 Å². The third kappa shape index (κ3) is 32.3. The van der Waals surface area contributed by atoms with Gasteiger partial charge in [-0.15, -0.1) is 0 Å². The van der Waals surface area contributed by atoms with Crippen molar-refractivity contribution < 1.29 is 0 Å². The summed E-state index contributed by atoms with van der Waals surface area (Å²) in [7, 11) is 1.97. The molecule has 0 atom stereocenters. The maximum Gasteiger partial charge on any atom is -0.00288 e. The molecule has 0 bridgehead atoms. The van der Waals surface area contributed by atoms with Crippen molar-refractivity contribution in [1.82, 2.24) is 5.32 Å². The van der Waals surface area contributed by atoms with Gasteiger partial charge in [-0.25, -0.2) is 0 Å². The highest BCUT2D eigenvalue weighted by molar-refractivity contribution is 4.42. The highest BCUT2D eigenvalue weighted by atomic mass is 14.8. The summed E-state index contributed by atoms with van der Waals surface area (Å²) in [5.41, 5.74) is 0. The fourth-order valence-electron chi connectivity index (χ4n) is 0.408. The summed E-state index contributed by atoms with van der Waals surface area (Å²) in [6, 6.07) is 0. The van der Waals surface area contributed by atoms with Crippen LogP contribution in [-0.4, -0.2) is 13.6 Å². The second kappa shape index (κ2) is 10.9. The smallest absolute Gasteiger partial charge is 0.00288 e. The maximum absolute atomic E-state index is 3.07. The number of hydrogen-bond donors (Lipinski definition) is 1. The second-order valence-electron chi connectivity index (χ2n) is 2.66. The molecule has 0 aliphatic carbocycles. The maximum atomic E-state index is 3.07. The Hall–Kier alpha value is -0.0400. The van der Waals surface area contributed by atoms with Crippen LogP contribution in [0, 0.1) is 5.92 Å². The van der Waals surface area contributed by atoms with Gasteiger partial charge in [-0.3, -0.25) is 0 Å². The Balaban J connectivity index is 0. The Morgan fingerprint density at radius 1 is 1.22 bits per heavy atom. The average molecular weight is 131 g/mol. The third-order valence-corrected chi connectivity index (χ3v) is 0.612. The topological polar surface area (TPSA) is 12.0 Å². The predicted octanol–water partition coefficient (Wildman–Crippen LogP) is 2.28. The zero-order chi connectivity index (χ0) is 7.70. The number of nitrogens with one attached hydrogen (secondary N) is 1. The van der Waals surface area contributed by atoms with Gasteiger partial charge in [-0.2, -0.15) is 0 Å². The summed E-state index contributed by atoms with van der Waals surface area (Å²) in [5.74, 6) is 0.787. The summed E-state index contributed by atoms with van der Waals surface area (Å²) >= 11 is 0. The molecule has 0 aromatic carbocycles. The zero-order valence-corrected chi connectivity index (χ0v) is 7.49. The number of hydrogen-bond acceptors (Lipinski definition) is 1. The molecule has 0 amide bonds. The molecular formula is C8H21N. The van der Waals surface area contributed by atoms with Crippen molar-refractivity contribution in [2.75, 3.05) is 13.6 Å². The van der Waals surface area contributed by atoms with Crippen LogP contribution < -0.4 is 5.32 Å². The van der Waals surface area contributed by atoms with E-state index in [2.05, 4.69) is 33.0 Å². The largest absolute Gasteiger partial charge is 0.319 e. The lowest BCUT2D eigenvalue weighted by molar-refractivity contribution is 0.595. The van der Waals surface area contributed by atoms with Gasteiger partial charge in [0, 0.05) is 0 Å². The van der Waals surface area contributed by atoms with Crippen LogP contribution in [0.1, 0.15) is 34.1 Å². The molecule has 0 fully saturated rings. The van der Waals surface area contributed by atoms with Gasteiger partial charge in [0.1, 0.15) is 0 Å². The van der Waals surface area contributed by atoms with Gasteiger partial charge in [-0.05, 0) is 19.5 Å². The minimum absolute atomic E-state index is 0.787. The summed E-state index contributed by atoms with van der Waals surface area (Å²) in [4.78, 5) is 0. The van der Waals surface area contributed by atoms with E-state index >= 15 is 0 Å². The molecule has 1 nitrogen and oxygen atoms in total. The molecule has 0 saturated heterocycles. The van der Waals surface area contributed by atoms with Crippen molar-refractivity contribution in [3.63, 3.8) is 0 Å². The van der Waals surface area contributed by atoms with Crippen LogP contribution in [0.5, 0.6) is 0 Å². The van der Waals surface area contributed by atoms with Gasteiger partial charge in [0.15, 0.2) is 0 Å². The molecule has 0 rings (SSSR count). The molecule has 0 spiro atoms. The molecule has 1 heteroatoms. The second-order valence-corrected chi connectivity index (χ2v) is 2.66. The van der Waals surface area contributed by atoms with Crippen LogP contribution in [0.4, 0.5) is 0 Å². The molecule has 0 aromatic rings. The molecule has 0 saturated carbocycles. The van der Waals surface area contributed by atoms with Gasteiger partial charge in [0.2, 0.25) is 0 Å². The Morgan fingerprint density at radius 3 is 1.56 bits per heavy atom. The van der Waals surface area contributed by atoms with E-state index in [1.807, 2.05) is 7.05 Å². The standard InChI is InChI=1S/C5H13N.C3H8/c1-5(2)4-6-3;1-3-2/h5-6H,4H2,1-3H3;3H2,1-2H3. The van der Waals surface area contributed by atoms with Gasteiger partial charge >= 0.3 is 0 Å². The highest BCUT2D eigenvalue weighted by Gasteiger charge is 1.84.